The SMILES string of the molecule is Cc1ccc(NC(=O)[C@@H](C)Nc2ccc3c(c2)CCC3)cc1F. The van der Waals surface area contributed by atoms with Crippen molar-refractivity contribution in [1.29, 1.82) is 0 Å². The van der Waals surface area contributed by atoms with Gasteiger partial charge in [-0.25, -0.2) is 4.39 Å². The van der Waals surface area contributed by atoms with E-state index in [-0.39, 0.29) is 11.7 Å². The van der Waals surface area contributed by atoms with Gasteiger partial charge in [-0.15, -0.1) is 0 Å². The zero-order valence-electron chi connectivity index (χ0n) is 13.4. The molecule has 1 aliphatic carbocycles. The summed E-state index contributed by atoms with van der Waals surface area (Å²) < 4.78 is 13.5. The van der Waals surface area contributed by atoms with Gasteiger partial charge in [-0.1, -0.05) is 12.1 Å². The first kappa shape index (κ1) is 15.5. The molecule has 2 aromatic carbocycles. The Morgan fingerprint density at radius 3 is 2.61 bits per heavy atom. The number of hydrogen-bond donors (Lipinski definition) is 2. The van der Waals surface area contributed by atoms with Gasteiger partial charge in [0.25, 0.3) is 0 Å². The van der Waals surface area contributed by atoms with Gasteiger partial charge in [-0.3, -0.25) is 4.79 Å². The average Bonchev–Trinajstić information content (AvgIpc) is 2.98. The van der Waals surface area contributed by atoms with Crippen molar-refractivity contribution in [3.8, 4) is 0 Å². The predicted octanol–water partition coefficient (Wildman–Crippen LogP) is 4.06. The van der Waals surface area contributed by atoms with Gasteiger partial charge < -0.3 is 10.6 Å². The van der Waals surface area contributed by atoms with Crippen LogP contribution in [0.25, 0.3) is 0 Å². The summed E-state index contributed by atoms with van der Waals surface area (Å²) in [7, 11) is 0. The van der Waals surface area contributed by atoms with Gasteiger partial charge in [-0.2, -0.15) is 0 Å². The Balaban J connectivity index is 1.64. The van der Waals surface area contributed by atoms with Crippen LogP contribution in [0, 0.1) is 12.7 Å². The summed E-state index contributed by atoms with van der Waals surface area (Å²) in [5.74, 6) is -0.504. The Labute approximate surface area is 135 Å². The number of amides is 1. The highest BCUT2D eigenvalue weighted by Crippen LogP contribution is 2.25. The second-order valence-electron chi connectivity index (χ2n) is 6.16. The van der Waals surface area contributed by atoms with Gasteiger partial charge in [0, 0.05) is 11.4 Å². The Hall–Kier alpha value is -2.36. The lowest BCUT2D eigenvalue weighted by atomic mass is 10.1. The summed E-state index contributed by atoms with van der Waals surface area (Å²) in [6.45, 7) is 3.49. The molecule has 4 heteroatoms. The van der Waals surface area contributed by atoms with Crippen molar-refractivity contribution in [3.05, 3.63) is 58.9 Å². The normalized spacial score (nSPS) is 14.2. The average molecular weight is 312 g/mol. The van der Waals surface area contributed by atoms with Gasteiger partial charge in [0.2, 0.25) is 5.91 Å². The van der Waals surface area contributed by atoms with Gasteiger partial charge in [0.05, 0.1) is 0 Å². The van der Waals surface area contributed by atoms with E-state index in [1.165, 1.54) is 23.6 Å². The van der Waals surface area contributed by atoms with Gasteiger partial charge in [-0.05, 0) is 74.1 Å². The summed E-state index contributed by atoms with van der Waals surface area (Å²) in [4.78, 5) is 12.3. The van der Waals surface area contributed by atoms with Gasteiger partial charge in [0.15, 0.2) is 0 Å². The number of hydrogen-bond acceptors (Lipinski definition) is 2. The van der Waals surface area contributed by atoms with E-state index < -0.39 is 6.04 Å². The number of carbonyl (C=O) groups is 1. The lowest BCUT2D eigenvalue weighted by Crippen LogP contribution is -2.31. The summed E-state index contributed by atoms with van der Waals surface area (Å²) in [5.41, 5.74) is 4.75. The molecule has 23 heavy (non-hydrogen) atoms. The number of aryl methyl sites for hydroxylation is 3. The van der Waals surface area contributed by atoms with Crippen LogP contribution in [0.3, 0.4) is 0 Å². The van der Waals surface area contributed by atoms with E-state index >= 15 is 0 Å². The second-order valence-corrected chi connectivity index (χ2v) is 6.16. The molecule has 1 aliphatic rings. The lowest BCUT2D eigenvalue weighted by Gasteiger charge is -2.16. The molecule has 0 unspecified atom stereocenters. The Morgan fingerprint density at radius 2 is 1.83 bits per heavy atom. The number of halogens is 1. The summed E-state index contributed by atoms with van der Waals surface area (Å²) in [6, 6.07) is 10.6. The molecule has 0 spiro atoms. The molecule has 1 amide bonds. The minimum atomic E-state index is -0.404. The van der Waals surface area contributed by atoms with Crippen LogP contribution >= 0.6 is 0 Å². The highest BCUT2D eigenvalue weighted by molar-refractivity contribution is 5.96. The molecule has 0 radical (unpaired) electrons. The number of nitrogens with one attached hydrogen (secondary N) is 2. The molecule has 0 saturated carbocycles. The van der Waals surface area contributed by atoms with Crippen molar-refractivity contribution in [3.63, 3.8) is 0 Å². The van der Waals surface area contributed by atoms with Crippen LogP contribution in [0.5, 0.6) is 0 Å². The smallest absolute Gasteiger partial charge is 0.246 e. The molecule has 0 bridgehead atoms. The van der Waals surface area contributed by atoms with Crippen LogP contribution in [-0.4, -0.2) is 11.9 Å². The summed E-state index contributed by atoms with van der Waals surface area (Å²) in [6.07, 6.45) is 3.45. The molecule has 0 heterocycles. The molecule has 0 saturated heterocycles. The summed E-state index contributed by atoms with van der Waals surface area (Å²) >= 11 is 0. The quantitative estimate of drug-likeness (QED) is 0.894. The van der Waals surface area contributed by atoms with Gasteiger partial charge >= 0.3 is 0 Å². The van der Waals surface area contributed by atoms with E-state index in [9.17, 15) is 9.18 Å². The second kappa shape index (κ2) is 6.41. The van der Waals surface area contributed by atoms with Gasteiger partial charge in [0.1, 0.15) is 11.9 Å². The number of rotatable bonds is 4. The first-order valence-corrected chi connectivity index (χ1v) is 7.98. The molecule has 3 rings (SSSR count). The molecule has 2 aromatic rings. The topological polar surface area (TPSA) is 41.1 Å². The zero-order valence-corrected chi connectivity index (χ0v) is 13.4. The van der Waals surface area contributed by atoms with Crippen LogP contribution in [0.2, 0.25) is 0 Å². The van der Waals surface area contributed by atoms with Crippen LogP contribution in [0.15, 0.2) is 36.4 Å². The number of anilines is 2. The Kier molecular flexibility index (Phi) is 4.33. The van der Waals surface area contributed by atoms with E-state index in [1.54, 1.807) is 26.0 Å². The van der Waals surface area contributed by atoms with Crippen molar-refractivity contribution in [2.45, 2.75) is 39.2 Å². The third-order valence-electron chi connectivity index (χ3n) is 4.31. The first-order chi connectivity index (χ1) is 11.0. The summed E-state index contributed by atoms with van der Waals surface area (Å²) in [5, 5.41) is 5.95. The Bertz CT molecular complexity index is 742. The minimum Gasteiger partial charge on any atom is -0.374 e. The zero-order chi connectivity index (χ0) is 16.4. The third kappa shape index (κ3) is 3.52. The van der Waals surface area contributed by atoms with Crippen LogP contribution in [0.4, 0.5) is 15.8 Å². The van der Waals surface area contributed by atoms with Crippen molar-refractivity contribution in [2.75, 3.05) is 10.6 Å². The maximum Gasteiger partial charge on any atom is 0.246 e. The molecular weight excluding hydrogens is 291 g/mol. The first-order valence-electron chi connectivity index (χ1n) is 7.98. The van der Waals surface area contributed by atoms with Crippen molar-refractivity contribution >= 4 is 17.3 Å². The standard InChI is InChI=1S/C19H21FN2O/c1-12-6-8-17(11-18(12)20)22-19(23)13(2)21-16-9-7-14-4-3-5-15(14)10-16/h6-11,13,21H,3-5H2,1-2H3,(H,22,23)/t13-/m1/s1. The monoisotopic (exact) mass is 312 g/mol. The van der Waals surface area contributed by atoms with Crippen molar-refractivity contribution in [1.82, 2.24) is 0 Å². The van der Waals surface area contributed by atoms with Crippen LogP contribution in [-0.2, 0) is 17.6 Å². The van der Waals surface area contributed by atoms with E-state index in [0.29, 0.717) is 11.3 Å². The van der Waals surface area contributed by atoms with Crippen molar-refractivity contribution in [2.24, 2.45) is 0 Å². The fourth-order valence-corrected chi connectivity index (χ4v) is 2.90. The van der Waals surface area contributed by atoms with E-state index in [4.69, 9.17) is 0 Å². The third-order valence-corrected chi connectivity index (χ3v) is 4.31. The molecule has 0 aromatic heterocycles. The van der Waals surface area contributed by atoms with E-state index in [1.807, 2.05) is 6.07 Å². The van der Waals surface area contributed by atoms with Crippen molar-refractivity contribution < 1.29 is 9.18 Å². The molecule has 2 N–H and O–H groups in total. The number of benzene rings is 2. The fourth-order valence-electron chi connectivity index (χ4n) is 2.90. The maximum atomic E-state index is 13.5. The van der Waals surface area contributed by atoms with E-state index in [0.717, 1.165) is 18.5 Å². The predicted molar refractivity (Wildman–Crippen MR) is 91.3 cm³/mol. The highest BCUT2D eigenvalue weighted by atomic mass is 19.1. The number of carbonyl (C=O) groups excluding carboxylic acids is 1. The van der Waals surface area contributed by atoms with Crippen LogP contribution < -0.4 is 10.6 Å². The number of fused-ring (bicyclic) bond motifs is 1. The molecule has 3 nitrogen and oxygen atoms in total. The lowest BCUT2D eigenvalue weighted by molar-refractivity contribution is -0.116. The maximum absolute atomic E-state index is 13.5. The fraction of sp³-hybridized carbons (Fsp3) is 0.316. The molecular formula is C19H21FN2O. The highest BCUT2D eigenvalue weighted by Gasteiger charge is 2.15. The molecule has 1 atom stereocenters. The van der Waals surface area contributed by atoms with Crippen LogP contribution in [0.1, 0.15) is 30.0 Å². The Morgan fingerprint density at radius 1 is 1.09 bits per heavy atom. The largest absolute Gasteiger partial charge is 0.374 e. The molecule has 120 valence electrons. The minimum absolute atomic E-state index is 0.186. The molecule has 0 aliphatic heterocycles. The van der Waals surface area contributed by atoms with E-state index in [2.05, 4.69) is 22.8 Å². The molecule has 0 fully saturated rings.